The number of carbonyl (C=O) groups excluding carboxylic acids is 1. The summed E-state index contributed by atoms with van der Waals surface area (Å²) in [6, 6.07) is 11.4. The summed E-state index contributed by atoms with van der Waals surface area (Å²) in [6.45, 7) is 0.348. The lowest BCUT2D eigenvalue weighted by atomic mass is 10.2. The third-order valence-corrected chi connectivity index (χ3v) is 5.08. The fourth-order valence-corrected chi connectivity index (χ4v) is 3.42. The molecule has 0 saturated carbocycles. The molecular weight excluding hydrogens is 362 g/mol. The van der Waals surface area contributed by atoms with Gasteiger partial charge in [0.25, 0.3) is 5.56 Å². The van der Waals surface area contributed by atoms with Crippen LogP contribution in [0.4, 0.5) is 5.69 Å². The predicted molar refractivity (Wildman–Crippen MR) is 107 cm³/mol. The molecule has 0 saturated heterocycles. The van der Waals surface area contributed by atoms with E-state index < -0.39 is 0 Å². The van der Waals surface area contributed by atoms with Crippen molar-refractivity contribution >= 4 is 22.9 Å². The van der Waals surface area contributed by atoms with Gasteiger partial charge >= 0.3 is 0 Å². The predicted octanol–water partition coefficient (Wildman–Crippen LogP) is 2.09. The molecule has 0 atom stereocenters. The largest absolute Gasteiger partial charge is 0.376 e. The summed E-state index contributed by atoms with van der Waals surface area (Å²) in [5.74, 6) is -0.183. The van der Waals surface area contributed by atoms with E-state index in [1.54, 1.807) is 40.6 Å². The zero-order valence-corrected chi connectivity index (χ0v) is 16.3. The van der Waals surface area contributed by atoms with Crippen molar-refractivity contribution in [2.45, 2.75) is 13.1 Å². The van der Waals surface area contributed by atoms with Gasteiger partial charge in [-0.2, -0.15) is 5.10 Å². The van der Waals surface area contributed by atoms with E-state index in [1.807, 2.05) is 44.4 Å². The highest BCUT2D eigenvalue weighted by Gasteiger charge is 2.14. The monoisotopic (exact) mass is 383 g/mol. The molecule has 0 N–H and O–H groups in total. The summed E-state index contributed by atoms with van der Waals surface area (Å²) in [4.78, 5) is 33.4. The summed E-state index contributed by atoms with van der Waals surface area (Å²) in [6.07, 6.45) is 3.36. The van der Waals surface area contributed by atoms with Crippen LogP contribution in [0.5, 0.6) is 0 Å². The number of nitrogens with zero attached hydrogens (tertiary/aromatic N) is 5. The normalized spacial score (nSPS) is 10.6. The van der Waals surface area contributed by atoms with Gasteiger partial charge in [-0.1, -0.05) is 30.3 Å². The second kappa shape index (κ2) is 8.13. The number of aromatic nitrogens is 3. The minimum absolute atomic E-state index is 0.0899. The lowest BCUT2D eigenvalue weighted by Gasteiger charge is -2.17. The second-order valence-electron chi connectivity index (χ2n) is 6.35. The van der Waals surface area contributed by atoms with Gasteiger partial charge in [-0.15, -0.1) is 11.3 Å². The molecule has 0 aliphatic carbocycles. The molecule has 0 spiro atoms. The van der Waals surface area contributed by atoms with E-state index in [9.17, 15) is 9.59 Å². The smallest absolute Gasteiger partial charge is 0.269 e. The molecule has 8 heteroatoms. The molecule has 7 nitrogen and oxygen atoms in total. The van der Waals surface area contributed by atoms with Crippen LogP contribution in [0.3, 0.4) is 0 Å². The van der Waals surface area contributed by atoms with Crippen molar-refractivity contribution in [2.24, 2.45) is 0 Å². The maximum atomic E-state index is 12.5. The maximum Gasteiger partial charge on any atom is 0.269 e. The molecule has 0 aliphatic heterocycles. The number of hydrogen-bond acceptors (Lipinski definition) is 6. The summed E-state index contributed by atoms with van der Waals surface area (Å²) in [7, 11) is 5.38. The minimum atomic E-state index is -0.299. The number of anilines is 1. The molecule has 2 heterocycles. The fourth-order valence-electron chi connectivity index (χ4n) is 2.45. The molecular formula is C19H21N5O2S. The Bertz CT molecular complexity index is 981. The molecule has 0 bridgehead atoms. The maximum absolute atomic E-state index is 12.5. The summed E-state index contributed by atoms with van der Waals surface area (Å²) in [5.41, 5.74) is 1.46. The second-order valence-corrected chi connectivity index (χ2v) is 7.47. The van der Waals surface area contributed by atoms with Crippen LogP contribution in [0, 0.1) is 0 Å². The van der Waals surface area contributed by atoms with E-state index in [0.29, 0.717) is 12.2 Å². The standard InChI is InChI=1S/C19H21N5O2S/c1-22(2)15-9-17(25)24(21-10-15)13-18(26)23(3)12-16-11-20-19(27-16)14-7-5-4-6-8-14/h4-11H,12-13H2,1-3H3. The average Bonchev–Trinajstić information content (AvgIpc) is 3.12. The van der Waals surface area contributed by atoms with Gasteiger partial charge in [0.2, 0.25) is 5.91 Å². The summed E-state index contributed by atoms with van der Waals surface area (Å²) in [5, 5.41) is 5.00. The molecule has 1 amide bonds. The van der Waals surface area contributed by atoms with Crippen molar-refractivity contribution in [1.29, 1.82) is 0 Å². The van der Waals surface area contributed by atoms with Crippen molar-refractivity contribution in [3.63, 3.8) is 0 Å². The minimum Gasteiger partial charge on any atom is -0.376 e. The molecule has 27 heavy (non-hydrogen) atoms. The van der Waals surface area contributed by atoms with Gasteiger partial charge in [0.1, 0.15) is 11.6 Å². The highest BCUT2D eigenvalue weighted by atomic mass is 32.1. The Morgan fingerprint density at radius 2 is 1.89 bits per heavy atom. The lowest BCUT2D eigenvalue weighted by molar-refractivity contribution is -0.131. The van der Waals surface area contributed by atoms with Crippen LogP contribution in [0.2, 0.25) is 0 Å². The van der Waals surface area contributed by atoms with Crippen molar-refractivity contribution in [1.82, 2.24) is 19.7 Å². The van der Waals surface area contributed by atoms with E-state index in [1.165, 1.54) is 10.7 Å². The van der Waals surface area contributed by atoms with E-state index in [4.69, 9.17) is 0 Å². The molecule has 140 valence electrons. The number of hydrogen-bond donors (Lipinski definition) is 0. The first-order chi connectivity index (χ1) is 12.9. The molecule has 0 unspecified atom stereocenters. The van der Waals surface area contributed by atoms with Crippen LogP contribution < -0.4 is 10.5 Å². The molecule has 3 rings (SSSR count). The fraction of sp³-hybridized carbons (Fsp3) is 0.263. The van der Waals surface area contributed by atoms with Gasteiger partial charge in [-0.05, 0) is 0 Å². The summed E-state index contributed by atoms with van der Waals surface area (Å²) < 4.78 is 1.17. The number of likely N-dealkylation sites (N-methyl/N-ethyl adjacent to an activating group) is 1. The lowest BCUT2D eigenvalue weighted by Crippen LogP contribution is -2.34. The van der Waals surface area contributed by atoms with Crippen molar-refractivity contribution < 1.29 is 4.79 Å². The number of rotatable bonds is 6. The van der Waals surface area contributed by atoms with Gasteiger partial charge in [-0.25, -0.2) is 9.67 Å². The van der Waals surface area contributed by atoms with Gasteiger partial charge < -0.3 is 9.80 Å². The third kappa shape index (κ3) is 4.59. The first-order valence-corrected chi connectivity index (χ1v) is 9.24. The first-order valence-electron chi connectivity index (χ1n) is 8.42. The highest BCUT2D eigenvalue weighted by molar-refractivity contribution is 7.15. The Hall–Kier alpha value is -3.00. The van der Waals surface area contributed by atoms with E-state index in [0.717, 1.165) is 15.4 Å². The van der Waals surface area contributed by atoms with Crippen LogP contribution in [0.25, 0.3) is 10.6 Å². The van der Waals surface area contributed by atoms with Crippen LogP contribution in [-0.2, 0) is 17.9 Å². The first kappa shape index (κ1) is 18.8. The quantitative estimate of drug-likeness (QED) is 0.652. The highest BCUT2D eigenvalue weighted by Crippen LogP contribution is 2.25. The SMILES string of the molecule is CN(Cc1cnc(-c2ccccc2)s1)C(=O)Cn1ncc(N(C)C)cc1=O. The topological polar surface area (TPSA) is 71.3 Å². The Morgan fingerprint density at radius 1 is 1.15 bits per heavy atom. The van der Waals surface area contributed by atoms with Gasteiger partial charge in [0, 0.05) is 43.8 Å². The van der Waals surface area contributed by atoms with Gasteiger partial charge in [0.05, 0.1) is 18.4 Å². The van der Waals surface area contributed by atoms with E-state index in [-0.39, 0.29) is 18.0 Å². The number of carbonyl (C=O) groups is 1. The van der Waals surface area contributed by atoms with Crippen LogP contribution in [0.1, 0.15) is 4.88 Å². The summed E-state index contributed by atoms with van der Waals surface area (Å²) >= 11 is 1.55. The molecule has 0 fully saturated rings. The van der Waals surface area contributed by atoms with Crippen LogP contribution in [0.15, 0.2) is 53.6 Å². The molecule has 0 radical (unpaired) electrons. The van der Waals surface area contributed by atoms with E-state index in [2.05, 4.69) is 10.1 Å². The van der Waals surface area contributed by atoms with Crippen molar-refractivity contribution in [2.75, 3.05) is 26.0 Å². The van der Waals surface area contributed by atoms with Crippen molar-refractivity contribution in [3.05, 3.63) is 64.0 Å². The van der Waals surface area contributed by atoms with E-state index >= 15 is 0 Å². The zero-order chi connectivity index (χ0) is 19.4. The number of amides is 1. The molecule has 0 aliphatic rings. The van der Waals surface area contributed by atoms with Gasteiger partial charge in [0.15, 0.2) is 0 Å². The molecule has 2 aromatic heterocycles. The molecule has 1 aromatic carbocycles. The Balaban J connectivity index is 1.65. The molecule has 3 aromatic rings. The van der Waals surface area contributed by atoms with Gasteiger partial charge in [-0.3, -0.25) is 9.59 Å². The third-order valence-electron chi connectivity index (χ3n) is 4.05. The average molecular weight is 383 g/mol. The number of thiazole rings is 1. The number of benzene rings is 1. The Morgan fingerprint density at radius 3 is 2.56 bits per heavy atom. The van der Waals surface area contributed by atoms with Crippen LogP contribution in [-0.4, -0.2) is 46.7 Å². The Kier molecular flexibility index (Phi) is 5.66. The Labute approximate surface area is 161 Å². The van der Waals surface area contributed by atoms with Crippen LogP contribution >= 0.6 is 11.3 Å². The van der Waals surface area contributed by atoms with Crippen molar-refractivity contribution in [3.8, 4) is 10.6 Å². The zero-order valence-electron chi connectivity index (χ0n) is 15.5.